The van der Waals surface area contributed by atoms with Gasteiger partial charge in [-0.2, -0.15) is 0 Å². The number of carbonyl (C=O) groups is 2. The molecular formula is C35H34FN5O4. The maximum Gasteiger partial charge on any atom is 0.259 e. The molecule has 0 radical (unpaired) electrons. The van der Waals surface area contributed by atoms with E-state index >= 15 is 4.39 Å². The predicted molar refractivity (Wildman–Crippen MR) is 170 cm³/mol. The summed E-state index contributed by atoms with van der Waals surface area (Å²) in [6.45, 7) is 2.96. The second-order valence-corrected chi connectivity index (χ2v) is 12.4. The molecule has 0 spiro atoms. The van der Waals surface area contributed by atoms with Crippen LogP contribution in [0.5, 0.6) is 11.5 Å². The summed E-state index contributed by atoms with van der Waals surface area (Å²) in [4.78, 5) is 43.7. The number of para-hydroxylation sites is 3. The van der Waals surface area contributed by atoms with Crippen molar-refractivity contribution in [3.63, 3.8) is 0 Å². The molecule has 230 valence electrons. The summed E-state index contributed by atoms with van der Waals surface area (Å²) in [6, 6.07) is 16.7. The first-order valence-corrected chi connectivity index (χ1v) is 15.8. The number of nitrogens with one attached hydrogen (secondary N) is 2. The second kappa shape index (κ2) is 10.9. The first-order valence-electron chi connectivity index (χ1n) is 15.8. The van der Waals surface area contributed by atoms with E-state index in [-0.39, 0.29) is 40.2 Å². The number of aromatic nitrogens is 1. The van der Waals surface area contributed by atoms with Gasteiger partial charge in [0.05, 0.1) is 11.1 Å². The van der Waals surface area contributed by atoms with Crippen LogP contribution in [0.1, 0.15) is 53.9 Å². The number of likely N-dealkylation sites (tertiary alicyclic amines) is 1. The highest BCUT2D eigenvalue weighted by molar-refractivity contribution is 6.01. The lowest BCUT2D eigenvalue weighted by Gasteiger charge is -2.29. The molecule has 9 nitrogen and oxygen atoms in total. The van der Waals surface area contributed by atoms with Crippen LogP contribution in [0.3, 0.4) is 0 Å². The number of amides is 2. The van der Waals surface area contributed by atoms with Gasteiger partial charge in [-0.1, -0.05) is 30.3 Å². The Labute approximate surface area is 259 Å². The van der Waals surface area contributed by atoms with E-state index < -0.39 is 11.2 Å². The van der Waals surface area contributed by atoms with Crippen LogP contribution in [-0.4, -0.2) is 60.0 Å². The summed E-state index contributed by atoms with van der Waals surface area (Å²) in [5.74, 6) is 0.125. The molecule has 3 aromatic carbocycles. The van der Waals surface area contributed by atoms with Crippen molar-refractivity contribution in [2.75, 3.05) is 42.9 Å². The topological polar surface area (TPSA) is 95.9 Å². The summed E-state index contributed by atoms with van der Waals surface area (Å²) < 4.78 is 24.2. The highest BCUT2D eigenvalue weighted by atomic mass is 19.1. The summed E-state index contributed by atoms with van der Waals surface area (Å²) in [6.07, 6.45) is 5.21. The zero-order valence-electron chi connectivity index (χ0n) is 24.9. The van der Waals surface area contributed by atoms with E-state index in [0.29, 0.717) is 61.9 Å². The van der Waals surface area contributed by atoms with Gasteiger partial charge in [0.15, 0.2) is 17.3 Å². The van der Waals surface area contributed by atoms with Crippen molar-refractivity contribution < 1.29 is 18.7 Å². The van der Waals surface area contributed by atoms with Gasteiger partial charge in [0.25, 0.3) is 5.91 Å². The molecule has 4 aliphatic rings. The molecule has 10 heteroatoms. The van der Waals surface area contributed by atoms with Gasteiger partial charge in [0.1, 0.15) is 16.8 Å². The largest absolute Gasteiger partial charge is 0.451 e. The minimum absolute atomic E-state index is 0.0132. The van der Waals surface area contributed by atoms with Gasteiger partial charge in [-0.3, -0.25) is 14.4 Å². The quantitative estimate of drug-likeness (QED) is 0.277. The monoisotopic (exact) mass is 607 g/mol. The molecule has 2 fully saturated rings. The van der Waals surface area contributed by atoms with Gasteiger partial charge in [-0.05, 0) is 55.5 Å². The predicted octanol–water partition coefficient (Wildman–Crippen LogP) is 5.16. The van der Waals surface area contributed by atoms with Crippen LogP contribution in [0.25, 0.3) is 16.6 Å². The number of hydrogen-bond donors (Lipinski definition) is 2. The maximum absolute atomic E-state index is 16.1. The third-order valence-electron chi connectivity index (χ3n) is 9.66. The molecule has 4 aromatic rings. The van der Waals surface area contributed by atoms with Crippen LogP contribution in [0.15, 0.2) is 65.6 Å². The van der Waals surface area contributed by atoms with Crippen LogP contribution in [0.4, 0.5) is 15.8 Å². The zero-order chi connectivity index (χ0) is 30.7. The van der Waals surface area contributed by atoms with Crippen LogP contribution in [0, 0.1) is 5.82 Å². The van der Waals surface area contributed by atoms with Crippen LogP contribution < -0.4 is 25.7 Å². The minimum atomic E-state index is -0.592. The summed E-state index contributed by atoms with van der Waals surface area (Å²) >= 11 is 0. The molecule has 45 heavy (non-hydrogen) atoms. The Hall–Kier alpha value is -4.86. The Kier molecular flexibility index (Phi) is 6.73. The fraction of sp³-hybridized carbons (Fsp3) is 0.343. The lowest BCUT2D eigenvalue weighted by Crippen LogP contribution is -2.37. The van der Waals surface area contributed by atoms with Crippen LogP contribution in [0.2, 0.25) is 0 Å². The fourth-order valence-electron chi connectivity index (χ4n) is 7.39. The molecule has 2 unspecified atom stereocenters. The number of benzene rings is 3. The molecule has 2 amide bonds. The standard InChI is InChI=1S/C35H34FN5O4/c36-26-17-24-31-34(45-29-10-4-3-9-28(29)41(31)20-25(33(24)43)35(44)39-14-5-6-15-39)32(26)40-16-13-22(19-40)38-30(42)12-11-21-18-37-27-8-2-1-7-23(21)27/h1-4,7-10,17,20-22,37H,5-6,11-16,18-19H2,(H,38,42). The van der Waals surface area contributed by atoms with Crippen molar-refractivity contribution in [2.45, 2.75) is 44.1 Å². The molecule has 4 aliphatic heterocycles. The Morgan fingerprint density at radius 2 is 1.84 bits per heavy atom. The maximum atomic E-state index is 16.1. The van der Waals surface area contributed by atoms with Crippen molar-refractivity contribution in [1.29, 1.82) is 0 Å². The average Bonchev–Trinajstić information content (AvgIpc) is 3.83. The van der Waals surface area contributed by atoms with Gasteiger partial charge >= 0.3 is 0 Å². The number of carbonyl (C=O) groups excluding carboxylic acids is 2. The number of nitrogens with zero attached hydrogens (tertiary/aromatic N) is 3. The van der Waals surface area contributed by atoms with Gasteiger partial charge in [0.2, 0.25) is 11.3 Å². The molecule has 2 atom stereocenters. The van der Waals surface area contributed by atoms with E-state index in [1.54, 1.807) is 21.7 Å². The molecule has 1 aromatic heterocycles. The van der Waals surface area contributed by atoms with Crippen molar-refractivity contribution >= 4 is 34.1 Å². The van der Waals surface area contributed by atoms with E-state index in [9.17, 15) is 14.4 Å². The van der Waals surface area contributed by atoms with Gasteiger partial charge in [-0.25, -0.2) is 4.39 Å². The SMILES string of the molecule is O=C(CCC1CNc2ccccc21)NC1CCN(c2c(F)cc3c(=O)c(C(=O)N4CCCC4)cn4c3c2Oc2ccccc2-4)C1. The number of fused-ring (bicyclic) bond motifs is 3. The third-order valence-corrected chi connectivity index (χ3v) is 9.66. The number of pyridine rings is 1. The van der Waals surface area contributed by atoms with E-state index in [1.165, 1.54) is 11.6 Å². The fourth-order valence-corrected chi connectivity index (χ4v) is 7.39. The van der Waals surface area contributed by atoms with Gasteiger partial charge in [-0.15, -0.1) is 0 Å². The van der Waals surface area contributed by atoms with E-state index in [4.69, 9.17) is 4.74 Å². The van der Waals surface area contributed by atoms with Crippen molar-refractivity contribution in [3.8, 4) is 17.2 Å². The number of halogens is 1. The van der Waals surface area contributed by atoms with E-state index in [0.717, 1.165) is 31.5 Å². The van der Waals surface area contributed by atoms with E-state index in [1.807, 2.05) is 35.2 Å². The molecule has 5 heterocycles. The molecular weight excluding hydrogens is 573 g/mol. The normalized spacial score (nSPS) is 19.7. The number of anilines is 2. The highest BCUT2D eigenvalue weighted by Gasteiger charge is 2.34. The Bertz CT molecular complexity index is 1920. The lowest BCUT2D eigenvalue weighted by atomic mass is 9.96. The van der Waals surface area contributed by atoms with Gasteiger partial charge in [0, 0.05) is 63.0 Å². The van der Waals surface area contributed by atoms with E-state index in [2.05, 4.69) is 22.8 Å². The minimum Gasteiger partial charge on any atom is -0.451 e. The molecule has 0 aliphatic carbocycles. The second-order valence-electron chi connectivity index (χ2n) is 12.4. The lowest BCUT2D eigenvalue weighted by molar-refractivity contribution is -0.121. The number of hydrogen-bond acceptors (Lipinski definition) is 6. The van der Waals surface area contributed by atoms with Gasteiger partial charge < -0.3 is 29.7 Å². The smallest absolute Gasteiger partial charge is 0.259 e. The highest BCUT2D eigenvalue weighted by Crippen LogP contribution is 2.47. The molecule has 8 rings (SSSR count). The Balaban J connectivity index is 1.07. The summed E-state index contributed by atoms with van der Waals surface area (Å²) in [5.41, 5.74) is 3.29. The summed E-state index contributed by atoms with van der Waals surface area (Å²) in [5, 5.41) is 6.68. The van der Waals surface area contributed by atoms with Crippen LogP contribution in [-0.2, 0) is 4.79 Å². The molecule has 2 saturated heterocycles. The molecule has 2 N–H and O–H groups in total. The van der Waals surface area contributed by atoms with Crippen LogP contribution >= 0.6 is 0 Å². The summed E-state index contributed by atoms with van der Waals surface area (Å²) in [7, 11) is 0. The zero-order valence-corrected chi connectivity index (χ0v) is 24.9. The van der Waals surface area contributed by atoms with Crippen molar-refractivity contribution in [2.24, 2.45) is 0 Å². The van der Waals surface area contributed by atoms with Crippen molar-refractivity contribution in [3.05, 3.63) is 88.0 Å². The molecule has 0 saturated carbocycles. The number of ether oxygens (including phenoxy) is 1. The first kappa shape index (κ1) is 27.7. The third kappa shape index (κ3) is 4.70. The molecule has 0 bridgehead atoms. The van der Waals surface area contributed by atoms with Crippen molar-refractivity contribution in [1.82, 2.24) is 14.8 Å². The first-order chi connectivity index (χ1) is 22.0. The number of rotatable bonds is 6. The average molecular weight is 608 g/mol. The Morgan fingerprint density at radius 3 is 2.71 bits per heavy atom. The Morgan fingerprint density at radius 1 is 1.04 bits per heavy atom.